The van der Waals surface area contributed by atoms with Gasteiger partial charge in [0.05, 0.1) is 6.54 Å². The molecule has 2 aromatic rings. The van der Waals surface area contributed by atoms with E-state index in [1.807, 2.05) is 0 Å². The lowest BCUT2D eigenvalue weighted by atomic mass is 10.0. The summed E-state index contributed by atoms with van der Waals surface area (Å²) in [4.78, 5) is 6.35. The second-order valence-electron chi connectivity index (χ2n) is 6.37. The van der Waals surface area contributed by atoms with E-state index >= 15 is 0 Å². The van der Waals surface area contributed by atoms with Gasteiger partial charge in [-0.05, 0) is 17.5 Å². The third-order valence-electron chi connectivity index (χ3n) is 4.62. The van der Waals surface area contributed by atoms with Crippen molar-refractivity contribution in [3.63, 3.8) is 0 Å². The summed E-state index contributed by atoms with van der Waals surface area (Å²) in [7, 11) is 0. The van der Waals surface area contributed by atoms with Crippen molar-refractivity contribution in [2.24, 2.45) is 0 Å². The number of benzene rings is 1. The SMILES string of the molecule is CCc1ccc(C2CNCCN2Cc2nccn2CC(F)(F)F)cc1. The summed E-state index contributed by atoms with van der Waals surface area (Å²) in [5, 5.41) is 3.38. The maximum absolute atomic E-state index is 12.7. The first-order valence-electron chi connectivity index (χ1n) is 8.56. The van der Waals surface area contributed by atoms with E-state index in [4.69, 9.17) is 0 Å². The summed E-state index contributed by atoms with van der Waals surface area (Å²) in [6, 6.07) is 8.60. The van der Waals surface area contributed by atoms with Crippen LogP contribution < -0.4 is 5.32 Å². The zero-order chi connectivity index (χ0) is 17.9. The molecule has 7 heteroatoms. The molecular weight excluding hydrogens is 329 g/mol. The van der Waals surface area contributed by atoms with Crippen LogP contribution in [0.2, 0.25) is 0 Å². The van der Waals surface area contributed by atoms with Crippen molar-refractivity contribution in [3.05, 3.63) is 53.6 Å². The second-order valence-corrected chi connectivity index (χ2v) is 6.37. The standard InChI is InChI=1S/C18H23F3N4/c1-2-14-3-5-15(6-4-14)16-11-22-7-9-24(16)12-17-23-8-10-25(17)13-18(19,20)21/h3-6,8,10,16,22H,2,7,9,11-13H2,1H3. The quantitative estimate of drug-likeness (QED) is 0.897. The van der Waals surface area contributed by atoms with Gasteiger partial charge in [0.1, 0.15) is 12.4 Å². The lowest BCUT2D eigenvalue weighted by molar-refractivity contribution is -0.141. The fourth-order valence-electron chi connectivity index (χ4n) is 3.25. The number of aromatic nitrogens is 2. The Bertz CT molecular complexity index is 678. The zero-order valence-electron chi connectivity index (χ0n) is 14.3. The van der Waals surface area contributed by atoms with Crippen LogP contribution in [0.25, 0.3) is 0 Å². The Hall–Kier alpha value is -1.86. The van der Waals surface area contributed by atoms with Gasteiger partial charge < -0.3 is 9.88 Å². The molecule has 0 spiro atoms. The highest BCUT2D eigenvalue weighted by Gasteiger charge is 2.30. The van der Waals surface area contributed by atoms with Gasteiger partial charge in [-0.3, -0.25) is 4.90 Å². The van der Waals surface area contributed by atoms with Crippen LogP contribution in [0.4, 0.5) is 13.2 Å². The summed E-state index contributed by atoms with van der Waals surface area (Å²) in [5.74, 6) is 0.453. The molecule has 0 amide bonds. The van der Waals surface area contributed by atoms with Crippen molar-refractivity contribution in [3.8, 4) is 0 Å². The molecule has 2 heterocycles. The number of alkyl halides is 3. The Labute approximate surface area is 145 Å². The van der Waals surface area contributed by atoms with E-state index in [2.05, 4.69) is 46.4 Å². The van der Waals surface area contributed by atoms with Gasteiger partial charge in [0.2, 0.25) is 0 Å². The lowest BCUT2D eigenvalue weighted by Gasteiger charge is -2.36. The average molecular weight is 352 g/mol. The summed E-state index contributed by atoms with van der Waals surface area (Å²) in [5.41, 5.74) is 2.46. The second kappa shape index (κ2) is 7.58. The van der Waals surface area contributed by atoms with Gasteiger partial charge >= 0.3 is 6.18 Å². The third-order valence-corrected chi connectivity index (χ3v) is 4.62. The van der Waals surface area contributed by atoms with Crippen LogP contribution in [-0.2, 0) is 19.5 Å². The third kappa shape index (κ3) is 4.61. The molecule has 1 unspecified atom stereocenters. The van der Waals surface area contributed by atoms with E-state index in [1.54, 1.807) is 0 Å². The van der Waals surface area contributed by atoms with Crippen LogP contribution in [0, 0.1) is 0 Å². The van der Waals surface area contributed by atoms with Gasteiger partial charge in [-0.15, -0.1) is 0 Å². The van der Waals surface area contributed by atoms with Crippen LogP contribution in [0.3, 0.4) is 0 Å². The molecule has 1 fully saturated rings. The molecule has 4 nitrogen and oxygen atoms in total. The van der Waals surface area contributed by atoms with Crippen molar-refractivity contribution in [1.29, 1.82) is 0 Å². The summed E-state index contributed by atoms with van der Waals surface area (Å²) >= 11 is 0. The van der Waals surface area contributed by atoms with Gasteiger partial charge in [-0.2, -0.15) is 13.2 Å². The average Bonchev–Trinajstić information content (AvgIpc) is 3.00. The summed E-state index contributed by atoms with van der Waals surface area (Å²) < 4.78 is 39.3. The molecule has 1 saturated heterocycles. The Morgan fingerprint density at radius 3 is 2.68 bits per heavy atom. The maximum atomic E-state index is 12.7. The first-order chi connectivity index (χ1) is 12.0. The molecule has 1 N–H and O–H groups in total. The molecule has 136 valence electrons. The molecule has 0 saturated carbocycles. The van der Waals surface area contributed by atoms with E-state index in [1.165, 1.54) is 28.1 Å². The van der Waals surface area contributed by atoms with Crippen LogP contribution in [-0.4, -0.2) is 40.3 Å². The normalized spacial score (nSPS) is 19.3. The Balaban J connectivity index is 1.76. The Kier molecular flexibility index (Phi) is 5.44. The van der Waals surface area contributed by atoms with Crippen molar-refractivity contribution in [2.75, 3.05) is 19.6 Å². The largest absolute Gasteiger partial charge is 0.406 e. The highest BCUT2D eigenvalue weighted by atomic mass is 19.4. The monoisotopic (exact) mass is 352 g/mol. The highest BCUT2D eigenvalue weighted by Crippen LogP contribution is 2.25. The Morgan fingerprint density at radius 2 is 2.00 bits per heavy atom. The van der Waals surface area contributed by atoms with Crippen molar-refractivity contribution < 1.29 is 13.2 Å². The minimum absolute atomic E-state index is 0.135. The van der Waals surface area contributed by atoms with E-state index in [9.17, 15) is 13.2 Å². The predicted molar refractivity (Wildman–Crippen MR) is 90.1 cm³/mol. The van der Waals surface area contributed by atoms with E-state index in [0.717, 1.165) is 26.1 Å². The molecule has 0 bridgehead atoms. The van der Waals surface area contributed by atoms with Crippen molar-refractivity contribution in [2.45, 2.75) is 38.7 Å². The van der Waals surface area contributed by atoms with E-state index < -0.39 is 12.7 Å². The molecule has 1 aromatic heterocycles. The minimum Gasteiger partial charge on any atom is -0.325 e. The fourth-order valence-corrected chi connectivity index (χ4v) is 3.25. The number of imidazole rings is 1. The highest BCUT2D eigenvalue weighted by molar-refractivity contribution is 5.26. The van der Waals surface area contributed by atoms with Crippen molar-refractivity contribution in [1.82, 2.24) is 19.8 Å². The number of hydrogen-bond donors (Lipinski definition) is 1. The zero-order valence-corrected chi connectivity index (χ0v) is 14.3. The fraction of sp³-hybridized carbons (Fsp3) is 0.500. The molecule has 1 atom stereocenters. The van der Waals surface area contributed by atoms with Gasteiger partial charge in [0.15, 0.2) is 0 Å². The number of nitrogens with one attached hydrogen (secondary N) is 1. The number of aryl methyl sites for hydroxylation is 1. The van der Waals surface area contributed by atoms with Gasteiger partial charge in [-0.25, -0.2) is 4.98 Å². The topological polar surface area (TPSA) is 33.1 Å². The van der Waals surface area contributed by atoms with Gasteiger partial charge in [0.25, 0.3) is 0 Å². The predicted octanol–water partition coefficient (Wildman–Crippen LogP) is 3.15. The summed E-state index contributed by atoms with van der Waals surface area (Å²) in [6.45, 7) is 3.91. The first kappa shape index (κ1) is 17.9. The first-order valence-corrected chi connectivity index (χ1v) is 8.56. The smallest absolute Gasteiger partial charge is 0.325 e. The molecule has 1 aliphatic heterocycles. The Morgan fingerprint density at radius 1 is 1.24 bits per heavy atom. The molecular formula is C18H23F3N4. The molecule has 0 radical (unpaired) electrons. The number of nitrogens with zero attached hydrogens (tertiary/aromatic N) is 3. The van der Waals surface area contributed by atoms with Gasteiger partial charge in [0, 0.05) is 38.1 Å². The maximum Gasteiger partial charge on any atom is 0.406 e. The van der Waals surface area contributed by atoms with Crippen molar-refractivity contribution >= 4 is 0 Å². The summed E-state index contributed by atoms with van der Waals surface area (Å²) in [6.07, 6.45) is -0.416. The number of hydrogen-bond acceptors (Lipinski definition) is 3. The van der Waals surface area contributed by atoms with Crippen LogP contribution >= 0.6 is 0 Å². The molecule has 0 aliphatic carbocycles. The number of piperazine rings is 1. The molecule has 3 rings (SSSR count). The van der Waals surface area contributed by atoms with Crippen LogP contribution in [0.1, 0.15) is 29.9 Å². The molecule has 25 heavy (non-hydrogen) atoms. The van der Waals surface area contributed by atoms with Crippen LogP contribution in [0.15, 0.2) is 36.7 Å². The van der Waals surface area contributed by atoms with E-state index in [0.29, 0.717) is 12.4 Å². The number of halogens is 3. The van der Waals surface area contributed by atoms with Crippen LogP contribution in [0.5, 0.6) is 0 Å². The molecule has 1 aliphatic rings. The minimum atomic E-state index is -4.24. The van der Waals surface area contributed by atoms with E-state index in [-0.39, 0.29) is 6.04 Å². The lowest BCUT2D eigenvalue weighted by Crippen LogP contribution is -2.45. The molecule has 1 aromatic carbocycles. The van der Waals surface area contributed by atoms with Gasteiger partial charge in [-0.1, -0.05) is 31.2 Å². The number of rotatable bonds is 5.